The van der Waals surface area contributed by atoms with Crippen LogP contribution in [-0.4, -0.2) is 36.6 Å². The molecule has 0 radical (unpaired) electrons. The summed E-state index contributed by atoms with van der Waals surface area (Å²) in [5.41, 5.74) is 1.65. The van der Waals surface area contributed by atoms with E-state index in [1.54, 1.807) is 24.4 Å². The van der Waals surface area contributed by atoms with Crippen LogP contribution in [0.1, 0.15) is 21.5 Å². The number of amides is 1. The van der Waals surface area contributed by atoms with E-state index in [0.717, 1.165) is 11.1 Å². The average molecular weight is 383 g/mol. The number of aryl methyl sites for hydroxylation is 1. The molecule has 146 valence electrons. The summed E-state index contributed by atoms with van der Waals surface area (Å²) in [5, 5.41) is 2.73. The Morgan fingerprint density at radius 1 is 1.14 bits per heavy atom. The lowest BCUT2D eigenvalue weighted by molar-refractivity contribution is 0.0948. The van der Waals surface area contributed by atoms with Crippen molar-refractivity contribution in [2.75, 3.05) is 21.3 Å². The van der Waals surface area contributed by atoms with Crippen LogP contribution in [0.25, 0.3) is 5.65 Å². The molecule has 1 N–H and O–H groups in total. The van der Waals surface area contributed by atoms with Crippen LogP contribution in [0.3, 0.4) is 0 Å². The number of carbonyl (C=O) groups excluding carboxylic acids is 1. The molecule has 1 aromatic carbocycles. The molecule has 8 heteroatoms. The molecule has 0 atom stereocenters. The molecule has 1 amide bonds. The van der Waals surface area contributed by atoms with E-state index in [0.29, 0.717) is 22.9 Å². The quantitative estimate of drug-likeness (QED) is 0.700. The van der Waals surface area contributed by atoms with Crippen LogP contribution in [0, 0.1) is 6.92 Å². The highest BCUT2D eigenvalue weighted by Crippen LogP contribution is 2.38. The van der Waals surface area contributed by atoms with Crippen molar-refractivity contribution < 1.29 is 19.0 Å². The van der Waals surface area contributed by atoms with Gasteiger partial charge in [0.25, 0.3) is 11.5 Å². The topological polar surface area (TPSA) is 91.2 Å². The Labute approximate surface area is 161 Å². The predicted octanol–water partition coefficient (Wildman–Crippen LogP) is 1.96. The number of ether oxygens (including phenoxy) is 3. The minimum atomic E-state index is -0.512. The van der Waals surface area contributed by atoms with Crippen molar-refractivity contribution in [3.63, 3.8) is 0 Å². The third-order valence-electron chi connectivity index (χ3n) is 4.35. The second kappa shape index (κ2) is 7.99. The van der Waals surface area contributed by atoms with E-state index in [2.05, 4.69) is 10.3 Å². The number of carbonyl (C=O) groups is 1. The van der Waals surface area contributed by atoms with Gasteiger partial charge in [0.1, 0.15) is 11.2 Å². The number of methoxy groups -OCH3 is 3. The number of nitrogens with one attached hydrogen (secondary N) is 1. The van der Waals surface area contributed by atoms with E-state index in [1.807, 2.05) is 13.0 Å². The second-order valence-electron chi connectivity index (χ2n) is 6.08. The molecule has 28 heavy (non-hydrogen) atoms. The van der Waals surface area contributed by atoms with E-state index < -0.39 is 11.5 Å². The molecule has 0 fully saturated rings. The zero-order valence-corrected chi connectivity index (χ0v) is 16.1. The molecule has 0 saturated carbocycles. The van der Waals surface area contributed by atoms with Gasteiger partial charge in [0.05, 0.1) is 21.3 Å². The Morgan fingerprint density at radius 2 is 1.82 bits per heavy atom. The summed E-state index contributed by atoms with van der Waals surface area (Å²) in [6.45, 7) is 2.03. The predicted molar refractivity (Wildman–Crippen MR) is 103 cm³/mol. The minimum Gasteiger partial charge on any atom is -0.493 e. The molecule has 0 aliphatic carbocycles. The first-order chi connectivity index (χ1) is 13.5. The Bertz CT molecular complexity index is 1070. The molecule has 0 bridgehead atoms. The number of pyridine rings is 1. The molecule has 2 heterocycles. The Balaban J connectivity index is 1.86. The molecular weight excluding hydrogens is 362 g/mol. The van der Waals surface area contributed by atoms with Crippen molar-refractivity contribution in [3.8, 4) is 17.2 Å². The van der Waals surface area contributed by atoms with Crippen molar-refractivity contribution in [2.24, 2.45) is 0 Å². The van der Waals surface area contributed by atoms with Crippen molar-refractivity contribution >= 4 is 11.6 Å². The van der Waals surface area contributed by atoms with Crippen LogP contribution in [-0.2, 0) is 6.54 Å². The molecule has 0 unspecified atom stereocenters. The highest BCUT2D eigenvalue weighted by molar-refractivity contribution is 5.93. The summed E-state index contributed by atoms with van der Waals surface area (Å²) in [5.74, 6) is 0.914. The van der Waals surface area contributed by atoms with E-state index in [4.69, 9.17) is 14.2 Å². The zero-order chi connectivity index (χ0) is 20.3. The van der Waals surface area contributed by atoms with Gasteiger partial charge in [0.15, 0.2) is 11.5 Å². The smallest absolute Gasteiger partial charge is 0.270 e. The van der Waals surface area contributed by atoms with Gasteiger partial charge < -0.3 is 19.5 Å². The molecule has 2 aromatic heterocycles. The van der Waals surface area contributed by atoms with Crippen molar-refractivity contribution in [3.05, 3.63) is 63.7 Å². The molecule has 0 aliphatic rings. The lowest BCUT2D eigenvalue weighted by Gasteiger charge is -2.14. The van der Waals surface area contributed by atoms with E-state index in [1.165, 1.54) is 31.9 Å². The molecule has 0 aliphatic heterocycles. The number of rotatable bonds is 6. The summed E-state index contributed by atoms with van der Waals surface area (Å²) in [7, 11) is 4.55. The molecule has 8 nitrogen and oxygen atoms in total. The molecule has 0 saturated heterocycles. The number of fused-ring (bicyclic) bond motifs is 1. The first-order valence-electron chi connectivity index (χ1n) is 8.54. The maximum Gasteiger partial charge on any atom is 0.270 e. The third kappa shape index (κ3) is 3.48. The maximum atomic E-state index is 12.6. The summed E-state index contributed by atoms with van der Waals surface area (Å²) in [4.78, 5) is 29.4. The van der Waals surface area contributed by atoms with E-state index in [9.17, 15) is 9.59 Å². The summed E-state index contributed by atoms with van der Waals surface area (Å²) in [6, 6.07) is 7.06. The minimum absolute atomic E-state index is 0.0319. The highest BCUT2D eigenvalue weighted by Gasteiger charge is 2.16. The van der Waals surface area contributed by atoms with Crippen LogP contribution < -0.4 is 25.1 Å². The van der Waals surface area contributed by atoms with E-state index >= 15 is 0 Å². The van der Waals surface area contributed by atoms with Crippen molar-refractivity contribution in [1.82, 2.24) is 14.7 Å². The van der Waals surface area contributed by atoms with Gasteiger partial charge in [-0.15, -0.1) is 0 Å². The first kappa shape index (κ1) is 19.2. The fraction of sp³-hybridized carbons (Fsp3) is 0.250. The van der Waals surface area contributed by atoms with Crippen LogP contribution >= 0.6 is 0 Å². The van der Waals surface area contributed by atoms with Crippen molar-refractivity contribution in [2.45, 2.75) is 13.5 Å². The zero-order valence-electron chi connectivity index (χ0n) is 16.1. The summed E-state index contributed by atoms with van der Waals surface area (Å²) in [6.07, 6.45) is 2.89. The molecular formula is C20H21N3O5. The molecule has 3 rings (SSSR count). The Hall–Kier alpha value is -3.55. The second-order valence-corrected chi connectivity index (χ2v) is 6.08. The number of nitrogens with zero attached hydrogens (tertiary/aromatic N) is 2. The first-order valence-corrected chi connectivity index (χ1v) is 8.54. The standard InChI is InChI=1S/C20H21N3O5/c1-12-6-5-7-23-18(12)21-11-14(20(23)25)19(24)22-10-13-8-15(26-2)17(28-4)16(9-13)27-3/h5-9,11H,10H2,1-4H3,(H,22,24). The number of aromatic nitrogens is 2. The number of hydrogen-bond acceptors (Lipinski definition) is 6. The van der Waals surface area contributed by atoms with E-state index in [-0.39, 0.29) is 12.1 Å². The third-order valence-corrected chi connectivity index (χ3v) is 4.35. The van der Waals surface area contributed by atoms with Crippen LogP contribution in [0.4, 0.5) is 0 Å². The summed E-state index contributed by atoms with van der Waals surface area (Å²) >= 11 is 0. The monoisotopic (exact) mass is 383 g/mol. The Morgan fingerprint density at radius 3 is 2.43 bits per heavy atom. The maximum absolute atomic E-state index is 12.6. The van der Waals surface area contributed by atoms with Gasteiger partial charge >= 0.3 is 0 Å². The average Bonchev–Trinajstić information content (AvgIpc) is 2.71. The van der Waals surface area contributed by atoms with Crippen LogP contribution in [0.15, 0.2) is 41.5 Å². The largest absolute Gasteiger partial charge is 0.493 e. The Kier molecular flexibility index (Phi) is 5.49. The molecule has 0 spiro atoms. The fourth-order valence-electron chi connectivity index (χ4n) is 2.92. The van der Waals surface area contributed by atoms with Gasteiger partial charge in [-0.25, -0.2) is 4.98 Å². The van der Waals surface area contributed by atoms with Gasteiger partial charge in [0.2, 0.25) is 5.75 Å². The van der Waals surface area contributed by atoms with Gasteiger partial charge in [-0.1, -0.05) is 6.07 Å². The lowest BCUT2D eigenvalue weighted by atomic mass is 10.1. The molecule has 3 aromatic rings. The van der Waals surface area contributed by atoms with Gasteiger partial charge in [-0.2, -0.15) is 0 Å². The SMILES string of the molecule is COc1cc(CNC(=O)c2cnc3c(C)cccn3c2=O)cc(OC)c1OC. The lowest BCUT2D eigenvalue weighted by Crippen LogP contribution is -2.31. The number of hydrogen-bond donors (Lipinski definition) is 1. The van der Waals surface area contributed by atoms with Gasteiger partial charge in [-0.05, 0) is 36.2 Å². The van der Waals surface area contributed by atoms with Crippen LogP contribution in [0.2, 0.25) is 0 Å². The normalized spacial score (nSPS) is 10.6. The van der Waals surface area contributed by atoms with Gasteiger partial charge in [0, 0.05) is 18.9 Å². The fourth-order valence-corrected chi connectivity index (χ4v) is 2.92. The van der Waals surface area contributed by atoms with Crippen LogP contribution in [0.5, 0.6) is 17.2 Å². The number of benzene rings is 1. The summed E-state index contributed by atoms with van der Waals surface area (Å²) < 4.78 is 17.3. The highest BCUT2D eigenvalue weighted by atomic mass is 16.5. The van der Waals surface area contributed by atoms with Crippen molar-refractivity contribution in [1.29, 1.82) is 0 Å². The van der Waals surface area contributed by atoms with Gasteiger partial charge in [-0.3, -0.25) is 14.0 Å².